The lowest BCUT2D eigenvalue weighted by atomic mass is 10.2. The van der Waals surface area contributed by atoms with E-state index in [2.05, 4.69) is 15.8 Å². The van der Waals surface area contributed by atoms with Crippen molar-refractivity contribution in [3.63, 3.8) is 0 Å². The van der Waals surface area contributed by atoms with Crippen LogP contribution in [0.1, 0.15) is 16.1 Å². The lowest BCUT2D eigenvalue weighted by molar-refractivity contribution is -0.120. The van der Waals surface area contributed by atoms with Crippen LogP contribution in [-0.2, 0) is 4.79 Å². The van der Waals surface area contributed by atoms with E-state index in [0.29, 0.717) is 16.3 Å². The van der Waals surface area contributed by atoms with Crippen LogP contribution in [0, 0.1) is 0 Å². The molecule has 2 rings (SSSR count). The maximum atomic E-state index is 11.6. The molecule has 0 saturated carbocycles. The van der Waals surface area contributed by atoms with Crippen molar-refractivity contribution in [3.8, 4) is 5.75 Å². The maximum Gasteiger partial charge on any atom is 0.287 e. The third-order valence-electron chi connectivity index (χ3n) is 2.74. The molecule has 0 fully saturated rings. The van der Waals surface area contributed by atoms with Gasteiger partial charge in [-0.15, -0.1) is 0 Å². The van der Waals surface area contributed by atoms with Crippen LogP contribution >= 0.6 is 11.6 Å². The van der Waals surface area contributed by atoms with Gasteiger partial charge in [0.2, 0.25) is 0 Å². The SMILES string of the molecule is COc1ccc(Cl)cc1/C=N/NC(=O)CNC(=O)c1ccco1. The number of hydrogen-bond acceptors (Lipinski definition) is 5. The van der Waals surface area contributed by atoms with Gasteiger partial charge in [0.1, 0.15) is 5.75 Å². The highest BCUT2D eigenvalue weighted by molar-refractivity contribution is 6.30. The fourth-order valence-corrected chi connectivity index (χ4v) is 1.86. The Morgan fingerprint density at radius 3 is 2.91 bits per heavy atom. The number of nitrogens with zero attached hydrogens (tertiary/aromatic N) is 1. The highest BCUT2D eigenvalue weighted by atomic mass is 35.5. The summed E-state index contributed by atoms with van der Waals surface area (Å²) in [5, 5.41) is 6.71. The zero-order valence-electron chi connectivity index (χ0n) is 12.2. The van der Waals surface area contributed by atoms with Gasteiger partial charge < -0.3 is 14.5 Å². The molecule has 0 atom stereocenters. The van der Waals surface area contributed by atoms with Crippen LogP contribution in [0.4, 0.5) is 0 Å². The van der Waals surface area contributed by atoms with Gasteiger partial charge >= 0.3 is 0 Å². The van der Waals surface area contributed by atoms with Gasteiger partial charge in [0.05, 0.1) is 26.1 Å². The minimum Gasteiger partial charge on any atom is -0.496 e. The van der Waals surface area contributed by atoms with E-state index in [4.69, 9.17) is 20.8 Å². The van der Waals surface area contributed by atoms with Crippen molar-refractivity contribution in [1.29, 1.82) is 0 Å². The molecule has 1 aromatic carbocycles. The van der Waals surface area contributed by atoms with E-state index in [1.165, 1.54) is 25.7 Å². The van der Waals surface area contributed by atoms with Gasteiger partial charge in [-0.3, -0.25) is 9.59 Å². The number of ether oxygens (including phenoxy) is 1. The zero-order valence-corrected chi connectivity index (χ0v) is 13.0. The van der Waals surface area contributed by atoms with Crippen LogP contribution in [-0.4, -0.2) is 31.7 Å². The molecular weight excluding hydrogens is 322 g/mol. The van der Waals surface area contributed by atoms with E-state index in [-0.39, 0.29) is 12.3 Å². The quantitative estimate of drug-likeness (QED) is 0.622. The Balaban J connectivity index is 1.84. The van der Waals surface area contributed by atoms with Crippen LogP contribution in [0.5, 0.6) is 5.75 Å². The first kappa shape index (κ1) is 16.6. The normalized spacial score (nSPS) is 10.5. The zero-order chi connectivity index (χ0) is 16.7. The van der Waals surface area contributed by atoms with E-state index < -0.39 is 11.8 Å². The van der Waals surface area contributed by atoms with Gasteiger partial charge in [0, 0.05) is 10.6 Å². The number of amides is 2. The van der Waals surface area contributed by atoms with Crippen molar-refractivity contribution >= 4 is 29.6 Å². The van der Waals surface area contributed by atoms with E-state index >= 15 is 0 Å². The minimum atomic E-state index is -0.484. The van der Waals surface area contributed by atoms with Gasteiger partial charge in [-0.1, -0.05) is 11.6 Å². The van der Waals surface area contributed by atoms with Gasteiger partial charge in [-0.05, 0) is 30.3 Å². The Labute approximate surface area is 137 Å². The predicted octanol–water partition coefficient (Wildman–Crippen LogP) is 1.82. The summed E-state index contributed by atoms with van der Waals surface area (Å²) in [6.45, 7) is -0.233. The number of furan rings is 1. The standard InChI is InChI=1S/C15H14ClN3O4/c1-22-12-5-4-11(16)7-10(12)8-18-19-14(20)9-17-15(21)13-3-2-6-23-13/h2-8H,9H2,1H3,(H,17,21)(H,19,20)/b18-8+. The molecule has 0 aliphatic heterocycles. The minimum absolute atomic E-state index is 0.130. The first-order valence-corrected chi connectivity index (χ1v) is 6.95. The highest BCUT2D eigenvalue weighted by Crippen LogP contribution is 2.20. The molecule has 7 nitrogen and oxygen atoms in total. The molecular formula is C15H14ClN3O4. The summed E-state index contributed by atoms with van der Waals surface area (Å²) in [5.74, 6) is -0.267. The van der Waals surface area contributed by atoms with E-state index in [0.717, 1.165) is 0 Å². The summed E-state index contributed by atoms with van der Waals surface area (Å²) >= 11 is 5.89. The lowest BCUT2D eigenvalue weighted by Gasteiger charge is -2.05. The topological polar surface area (TPSA) is 92.9 Å². The van der Waals surface area contributed by atoms with Crippen molar-refractivity contribution < 1.29 is 18.7 Å². The number of nitrogens with one attached hydrogen (secondary N) is 2. The molecule has 0 radical (unpaired) electrons. The maximum absolute atomic E-state index is 11.6. The molecule has 0 aliphatic rings. The van der Waals surface area contributed by atoms with E-state index in [1.807, 2.05) is 0 Å². The van der Waals surface area contributed by atoms with Crippen molar-refractivity contribution in [2.75, 3.05) is 13.7 Å². The smallest absolute Gasteiger partial charge is 0.287 e. The molecule has 0 bridgehead atoms. The van der Waals surface area contributed by atoms with Crippen LogP contribution in [0.2, 0.25) is 5.02 Å². The molecule has 0 unspecified atom stereocenters. The summed E-state index contributed by atoms with van der Waals surface area (Å²) in [6.07, 6.45) is 2.77. The predicted molar refractivity (Wildman–Crippen MR) is 84.8 cm³/mol. The molecule has 120 valence electrons. The molecule has 0 saturated heterocycles. The molecule has 2 aromatic rings. The number of hydrazone groups is 1. The third-order valence-corrected chi connectivity index (χ3v) is 2.97. The number of rotatable bonds is 6. The fraction of sp³-hybridized carbons (Fsp3) is 0.133. The van der Waals surface area contributed by atoms with Crippen molar-refractivity contribution in [3.05, 3.63) is 52.9 Å². The summed E-state index contributed by atoms with van der Waals surface area (Å²) in [4.78, 5) is 23.2. The Kier molecular flexibility index (Phi) is 5.76. The Morgan fingerprint density at radius 1 is 1.39 bits per heavy atom. The second kappa shape index (κ2) is 8.00. The molecule has 23 heavy (non-hydrogen) atoms. The lowest BCUT2D eigenvalue weighted by Crippen LogP contribution is -2.34. The number of methoxy groups -OCH3 is 1. The van der Waals surface area contributed by atoms with Crippen molar-refractivity contribution in [2.45, 2.75) is 0 Å². The van der Waals surface area contributed by atoms with Gasteiger partial charge in [-0.2, -0.15) is 5.10 Å². The first-order chi connectivity index (χ1) is 11.1. The van der Waals surface area contributed by atoms with E-state index in [9.17, 15) is 9.59 Å². The third kappa shape index (κ3) is 4.86. The van der Waals surface area contributed by atoms with Crippen molar-refractivity contribution in [2.24, 2.45) is 5.10 Å². The van der Waals surface area contributed by atoms with E-state index in [1.54, 1.807) is 24.3 Å². The second-order valence-corrected chi connectivity index (χ2v) is 4.78. The Hall–Kier alpha value is -2.80. The molecule has 0 spiro atoms. The first-order valence-electron chi connectivity index (χ1n) is 6.57. The van der Waals surface area contributed by atoms with Crippen LogP contribution in [0.15, 0.2) is 46.1 Å². The second-order valence-electron chi connectivity index (χ2n) is 4.34. The Bertz CT molecular complexity index is 714. The number of benzene rings is 1. The molecule has 8 heteroatoms. The Morgan fingerprint density at radius 2 is 2.22 bits per heavy atom. The summed E-state index contributed by atoms with van der Waals surface area (Å²) in [6, 6.07) is 8.10. The summed E-state index contributed by atoms with van der Waals surface area (Å²) in [7, 11) is 1.52. The largest absolute Gasteiger partial charge is 0.496 e. The number of carbonyl (C=O) groups excluding carboxylic acids is 2. The highest BCUT2D eigenvalue weighted by Gasteiger charge is 2.09. The van der Waals surface area contributed by atoms with Crippen LogP contribution in [0.25, 0.3) is 0 Å². The van der Waals surface area contributed by atoms with Crippen LogP contribution < -0.4 is 15.5 Å². The van der Waals surface area contributed by atoms with Crippen LogP contribution in [0.3, 0.4) is 0 Å². The summed E-state index contributed by atoms with van der Waals surface area (Å²) < 4.78 is 10.1. The number of hydrogen-bond donors (Lipinski definition) is 2. The fourth-order valence-electron chi connectivity index (χ4n) is 1.67. The number of halogens is 1. The molecule has 1 aromatic heterocycles. The van der Waals surface area contributed by atoms with Crippen molar-refractivity contribution in [1.82, 2.24) is 10.7 Å². The molecule has 1 heterocycles. The summed E-state index contributed by atoms with van der Waals surface area (Å²) in [5.41, 5.74) is 2.90. The monoisotopic (exact) mass is 335 g/mol. The average Bonchev–Trinajstić information content (AvgIpc) is 3.07. The molecule has 0 aliphatic carbocycles. The van der Waals surface area contributed by atoms with Gasteiger partial charge in [0.25, 0.3) is 11.8 Å². The average molecular weight is 336 g/mol. The molecule has 2 amide bonds. The van der Waals surface area contributed by atoms with Gasteiger partial charge in [0.15, 0.2) is 5.76 Å². The van der Waals surface area contributed by atoms with Gasteiger partial charge in [-0.25, -0.2) is 5.43 Å². The molecule has 2 N–H and O–H groups in total. The number of carbonyl (C=O) groups is 2.